The van der Waals surface area contributed by atoms with Crippen molar-refractivity contribution in [2.24, 2.45) is 5.92 Å². The van der Waals surface area contributed by atoms with Gasteiger partial charge in [-0.1, -0.05) is 30.3 Å². The Kier molecular flexibility index (Phi) is 6.99. The zero-order valence-corrected chi connectivity index (χ0v) is 18.1. The Hall–Kier alpha value is -2.00. The van der Waals surface area contributed by atoms with Gasteiger partial charge in [0.25, 0.3) is 0 Å². The van der Waals surface area contributed by atoms with Crippen molar-refractivity contribution in [1.29, 1.82) is 0 Å². The molecule has 2 aromatic rings. The predicted molar refractivity (Wildman–Crippen MR) is 117 cm³/mol. The Morgan fingerprint density at radius 2 is 1.73 bits per heavy atom. The molecular weight excluding hydrogens is 400 g/mol. The minimum absolute atomic E-state index is 0.240. The van der Waals surface area contributed by atoms with Crippen LogP contribution in [0.4, 0.5) is 5.82 Å². The second-order valence-corrected chi connectivity index (χ2v) is 9.92. The smallest absolute Gasteiger partial charge is 0.244 e. The molecule has 30 heavy (non-hydrogen) atoms. The molecule has 0 amide bonds. The third-order valence-electron chi connectivity index (χ3n) is 5.87. The molecule has 2 aliphatic rings. The number of rotatable bonds is 7. The van der Waals surface area contributed by atoms with E-state index < -0.39 is 10.0 Å². The molecule has 2 saturated heterocycles. The van der Waals surface area contributed by atoms with E-state index in [0.717, 1.165) is 44.8 Å². The molecule has 0 atom stereocenters. The van der Waals surface area contributed by atoms with Gasteiger partial charge >= 0.3 is 0 Å². The number of piperidine rings is 1. The van der Waals surface area contributed by atoms with E-state index in [1.165, 1.54) is 16.1 Å². The van der Waals surface area contributed by atoms with Gasteiger partial charge in [0.05, 0.1) is 13.2 Å². The number of nitrogens with zero attached hydrogens (tertiary/aromatic N) is 3. The maximum absolute atomic E-state index is 12.7. The van der Waals surface area contributed by atoms with Gasteiger partial charge in [0.15, 0.2) is 0 Å². The summed E-state index contributed by atoms with van der Waals surface area (Å²) in [6.45, 7) is 5.75. The lowest BCUT2D eigenvalue weighted by molar-refractivity contribution is 0.0730. The van der Waals surface area contributed by atoms with Crippen molar-refractivity contribution >= 4 is 15.8 Å². The number of benzene rings is 1. The van der Waals surface area contributed by atoms with E-state index in [4.69, 9.17) is 4.74 Å². The summed E-state index contributed by atoms with van der Waals surface area (Å²) in [4.78, 5) is 7.09. The van der Waals surface area contributed by atoms with Crippen LogP contribution in [0.15, 0.2) is 53.6 Å². The lowest BCUT2D eigenvalue weighted by atomic mass is 9.96. The van der Waals surface area contributed by atoms with Crippen molar-refractivity contribution in [1.82, 2.24) is 14.2 Å². The molecule has 2 aliphatic heterocycles. The van der Waals surface area contributed by atoms with Crippen LogP contribution in [0.3, 0.4) is 0 Å². The number of anilines is 1. The monoisotopic (exact) mass is 430 g/mol. The molecule has 0 aliphatic carbocycles. The summed E-state index contributed by atoms with van der Waals surface area (Å²) in [5, 5.41) is 3.38. The summed E-state index contributed by atoms with van der Waals surface area (Å²) in [7, 11) is -3.49. The highest BCUT2D eigenvalue weighted by Crippen LogP contribution is 2.21. The minimum atomic E-state index is -3.49. The first-order valence-electron chi connectivity index (χ1n) is 10.7. The SMILES string of the molecule is O=S(=O)(c1ccc(NCC2CCN(Cc3ccccc3)CC2)nc1)N1CCOCC1. The molecule has 162 valence electrons. The van der Waals surface area contributed by atoms with Gasteiger partial charge < -0.3 is 10.1 Å². The van der Waals surface area contributed by atoms with Gasteiger partial charge in [0.1, 0.15) is 10.7 Å². The van der Waals surface area contributed by atoms with Gasteiger partial charge in [0, 0.05) is 32.4 Å². The van der Waals surface area contributed by atoms with Crippen LogP contribution in [-0.4, -0.2) is 68.5 Å². The number of morpholine rings is 1. The van der Waals surface area contributed by atoms with Crippen LogP contribution in [-0.2, 0) is 21.3 Å². The van der Waals surface area contributed by atoms with Crippen LogP contribution >= 0.6 is 0 Å². The van der Waals surface area contributed by atoms with Gasteiger partial charge in [-0.3, -0.25) is 4.90 Å². The number of ether oxygens (including phenoxy) is 1. The Balaban J connectivity index is 1.24. The van der Waals surface area contributed by atoms with Crippen LogP contribution in [0.25, 0.3) is 0 Å². The number of hydrogen-bond acceptors (Lipinski definition) is 6. The van der Waals surface area contributed by atoms with E-state index in [0.29, 0.717) is 32.2 Å². The van der Waals surface area contributed by atoms with Gasteiger partial charge in [-0.05, 0) is 49.5 Å². The summed E-state index contributed by atoms with van der Waals surface area (Å²) in [5.74, 6) is 1.33. The fourth-order valence-corrected chi connectivity index (χ4v) is 5.37. The fourth-order valence-electron chi connectivity index (χ4n) is 4.01. The van der Waals surface area contributed by atoms with Crippen molar-refractivity contribution in [3.8, 4) is 0 Å². The summed E-state index contributed by atoms with van der Waals surface area (Å²) >= 11 is 0. The topological polar surface area (TPSA) is 74.8 Å². The molecule has 0 bridgehead atoms. The average Bonchev–Trinajstić information content (AvgIpc) is 2.80. The van der Waals surface area contributed by atoms with Crippen LogP contribution in [0.2, 0.25) is 0 Å². The highest BCUT2D eigenvalue weighted by molar-refractivity contribution is 7.89. The summed E-state index contributed by atoms with van der Waals surface area (Å²) in [5.41, 5.74) is 1.37. The van der Waals surface area contributed by atoms with E-state index in [-0.39, 0.29) is 4.90 Å². The van der Waals surface area contributed by atoms with E-state index >= 15 is 0 Å². The molecule has 2 fully saturated rings. The summed E-state index contributed by atoms with van der Waals surface area (Å²) in [6, 6.07) is 14.0. The first kappa shape index (κ1) is 21.2. The van der Waals surface area contributed by atoms with Crippen molar-refractivity contribution in [2.45, 2.75) is 24.3 Å². The first-order valence-corrected chi connectivity index (χ1v) is 12.1. The van der Waals surface area contributed by atoms with Crippen molar-refractivity contribution in [3.05, 3.63) is 54.2 Å². The zero-order valence-electron chi connectivity index (χ0n) is 17.2. The minimum Gasteiger partial charge on any atom is -0.379 e. The average molecular weight is 431 g/mol. The van der Waals surface area contributed by atoms with Crippen LogP contribution in [0.5, 0.6) is 0 Å². The molecule has 0 spiro atoms. The summed E-state index contributed by atoms with van der Waals surface area (Å²) in [6.07, 6.45) is 3.77. The van der Waals surface area contributed by atoms with Gasteiger partial charge in [0.2, 0.25) is 10.0 Å². The Labute approximate surface area is 179 Å². The molecule has 3 heterocycles. The number of hydrogen-bond donors (Lipinski definition) is 1. The fraction of sp³-hybridized carbons (Fsp3) is 0.500. The highest BCUT2D eigenvalue weighted by Gasteiger charge is 2.26. The van der Waals surface area contributed by atoms with Crippen LogP contribution < -0.4 is 5.32 Å². The lowest BCUT2D eigenvalue weighted by Gasteiger charge is -2.32. The Morgan fingerprint density at radius 3 is 2.40 bits per heavy atom. The quantitative estimate of drug-likeness (QED) is 0.727. The second kappa shape index (κ2) is 9.87. The molecular formula is C22H30N4O3S. The number of pyridine rings is 1. The summed E-state index contributed by atoms with van der Waals surface area (Å²) < 4.78 is 32.0. The molecule has 4 rings (SSSR count). The molecule has 0 unspecified atom stereocenters. The first-order chi connectivity index (χ1) is 14.6. The standard InChI is InChI=1S/C22H30N4O3S/c27-30(28,26-12-14-29-15-13-26)21-6-7-22(24-17-21)23-16-19-8-10-25(11-9-19)18-20-4-2-1-3-5-20/h1-7,17,19H,8-16,18H2,(H,23,24). The number of sulfonamides is 1. The van der Waals surface area contributed by atoms with Crippen LogP contribution in [0, 0.1) is 5.92 Å². The molecule has 7 nitrogen and oxygen atoms in total. The molecule has 0 radical (unpaired) electrons. The van der Waals surface area contributed by atoms with E-state index in [1.807, 2.05) is 0 Å². The third-order valence-corrected chi connectivity index (χ3v) is 7.75. The molecule has 8 heteroatoms. The van der Waals surface area contributed by atoms with Crippen molar-refractivity contribution < 1.29 is 13.2 Å². The Bertz CT molecular complexity index is 892. The maximum Gasteiger partial charge on any atom is 0.244 e. The van der Waals surface area contributed by atoms with Gasteiger partial charge in [-0.2, -0.15) is 4.31 Å². The van der Waals surface area contributed by atoms with Gasteiger partial charge in [-0.25, -0.2) is 13.4 Å². The Morgan fingerprint density at radius 1 is 1.00 bits per heavy atom. The molecule has 1 aromatic carbocycles. The normalized spacial score (nSPS) is 19.6. The number of nitrogens with one attached hydrogen (secondary N) is 1. The molecule has 1 aromatic heterocycles. The molecule has 1 N–H and O–H groups in total. The second-order valence-electron chi connectivity index (χ2n) is 7.98. The highest BCUT2D eigenvalue weighted by atomic mass is 32.2. The maximum atomic E-state index is 12.7. The van der Waals surface area contributed by atoms with E-state index in [1.54, 1.807) is 12.1 Å². The number of likely N-dealkylation sites (tertiary alicyclic amines) is 1. The van der Waals surface area contributed by atoms with Gasteiger partial charge in [-0.15, -0.1) is 0 Å². The van der Waals surface area contributed by atoms with E-state index in [9.17, 15) is 8.42 Å². The van der Waals surface area contributed by atoms with Crippen molar-refractivity contribution in [3.63, 3.8) is 0 Å². The largest absolute Gasteiger partial charge is 0.379 e. The molecule has 0 saturated carbocycles. The van der Waals surface area contributed by atoms with Crippen LogP contribution in [0.1, 0.15) is 18.4 Å². The predicted octanol–water partition coefficient (Wildman–Crippen LogP) is 2.43. The number of aromatic nitrogens is 1. The lowest BCUT2D eigenvalue weighted by Crippen LogP contribution is -2.40. The van der Waals surface area contributed by atoms with Crippen molar-refractivity contribution in [2.75, 3.05) is 51.3 Å². The zero-order chi connectivity index (χ0) is 20.8. The third kappa shape index (κ3) is 5.37. The van der Waals surface area contributed by atoms with E-state index in [2.05, 4.69) is 45.5 Å².